The van der Waals surface area contributed by atoms with E-state index in [2.05, 4.69) is 26.3 Å². The highest BCUT2D eigenvalue weighted by molar-refractivity contribution is 5.73. The van der Waals surface area contributed by atoms with Crippen LogP contribution < -0.4 is 21.8 Å². The first-order chi connectivity index (χ1) is 15.9. The van der Waals surface area contributed by atoms with E-state index in [0.29, 0.717) is 35.9 Å². The molecule has 1 aliphatic heterocycles. The van der Waals surface area contributed by atoms with Gasteiger partial charge in [-0.3, -0.25) is 11.6 Å². The molecule has 1 aliphatic rings. The van der Waals surface area contributed by atoms with Crippen LogP contribution >= 0.6 is 0 Å². The second kappa shape index (κ2) is 9.54. The van der Waals surface area contributed by atoms with Crippen LogP contribution in [0.5, 0.6) is 0 Å². The Balaban J connectivity index is 1.54. The fourth-order valence-electron chi connectivity index (χ4n) is 3.79. The number of benzene rings is 2. The van der Waals surface area contributed by atoms with Crippen LogP contribution in [0.2, 0.25) is 0 Å². The number of aliphatic hydroxyl groups is 1. The first-order valence-electron chi connectivity index (χ1n) is 10.8. The Kier molecular flexibility index (Phi) is 6.38. The first kappa shape index (κ1) is 22.0. The molecular weight excluding hydrogens is 416 g/mol. The number of nitrogens with one attached hydrogen (secondary N) is 1. The number of hydrazine groups is 1. The second-order valence-electron chi connectivity index (χ2n) is 8.01. The number of nitrogens with zero attached hydrogens (tertiary/aromatic N) is 5. The number of aliphatic hydroxyl groups excluding tert-OH is 1. The molecule has 2 aromatic carbocycles. The van der Waals surface area contributed by atoms with Gasteiger partial charge in [-0.1, -0.05) is 6.07 Å². The van der Waals surface area contributed by atoms with Crippen molar-refractivity contribution >= 4 is 28.8 Å². The highest BCUT2D eigenvalue weighted by Gasteiger charge is 2.20. The minimum absolute atomic E-state index is 0.258. The lowest BCUT2D eigenvalue weighted by Gasteiger charge is -2.32. The van der Waals surface area contributed by atoms with Crippen molar-refractivity contribution in [2.24, 2.45) is 11.6 Å². The van der Waals surface area contributed by atoms with Crippen molar-refractivity contribution in [2.75, 3.05) is 23.3 Å². The molecule has 0 radical (unpaired) electrons. The number of aromatic nitrogens is 2. The molecule has 4 rings (SSSR count). The molecule has 0 amide bonds. The Morgan fingerprint density at radius 3 is 2.58 bits per heavy atom. The number of anilines is 3. The summed E-state index contributed by atoms with van der Waals surface area (Å²) in [5.74, 6) is 6.84. The quantitative estimate of drug-likeness (QED) is 0.155. The largest absolute Gasteiger partial charge is 0.393 e. The molecule has 9 nitrogen and oxygen atoms in total. The molecule has 1 saturated heterocycles. The minimum atomic E-state index is -0.258. The number of hydrogen-bond acceptors (Lipinski definition) is 7. The van der Waals surface area contributed by atoms with Gasteiger partial charge in [0.25, 0.3) is 5.84 Å². The van der Waals surface area contributed by atoms with Gasteiger partial charge in [0.15, 0.2) is 5.69 Å². The van der Waals surface area contributed by atoms with Gasteiger partial charge in [0.1, 0.15) is 6.07 Å². The average Bonchev–Trinajstić information content (AvgIpc) is 2.84. The number of hydrazone groups is 1. The van der Waals surface area contributed by atoms with Crippen molar-refractivity contribution in [3.8, 4) is 17.3 Å². The van der Waals surface area contributed by atoms with Crippen LogP contribution in [0, 0.1) is 11.3 Å². The first-order valence-corrected chi connectivity index (χ1v) is 10.8. The van der Waals surface area contributed by atoms with Gasteiger partial charge in [0.05, 0.1) is 23.0 Å². The van der Waals surface area contributed by atoms with Crippen molar-refractivity contribution in [1.29, 1.82) is 5.26 Å². The Morgan fingerprint density at radius 1 is 1.18 bits per heavy atom. The summed E-state index contributed by atoms with van der Waals surface area (Å²) in [6.07, 6.45) is 2.84. The lowest BCUT2D eigenvalue weighted by Crippen LogP contribution is -2.36. The average molecular weight is 444 g/mol. The van der Waals surface area contributed by atoms with E-state index in [9.17, 15) is 10.4 Å². The van der Waals surface area contributed by atoms with Gasteiger partial charge in [-0.25, -0.2) is 9.97 Å². The van der Waals surface area contributed by atoms with Crippen molar-refractivity contribution in [3.05, 3.63) is 60.3 Å². The van der Waals surface area contributed by atoms with Crippen LogP contribution in [0.1, 0.15) is 25.3 Å². The fourth-order valence-corrected chi connectivity index (χ4v) is 3.79. The van der Waals surface area contributed by atoms with E-state index in [0.717, 1.165) is 35.7 Å². The number of nitrogens with two attached hydrogens (primary N) is 2. The number of hydrogen-bond donors (Lipinski definition) is 4. The van der Waals surface area contributed by atoms with Crippen molar-refractivity contribution in [1.82, 2.24) is 9.97 Å². The summed E-state index contributed by atoms with van der Waals surface area (Å²) in [5.41, 5.74) is 10.3. The molecule has 6 N–H and O–H groups in total. The molecule has 3 aromatic rings. The summed E-state index contributed by atoms with van der Waals surface area (Å²) in [6, 6.07) is 17.3. The summed E-state index contributed by atoms with van der Waals surface area (Å²) >= 11 is 0. The van der Waals surface area contributed by atoms with E-state index >= 15 is 0 Å². The molecule has 168 valence electrons. The Bertz CT molecular complexity index is 1200. The van der Waals surface area contributed by atoms with Gasteiger partial charge in [-0.05, 0) is 55.3 Å². The van der Waals surface area contributed by atoms with Crippen molar-refractivity contribution in [3.63, 3.8) is 0 Å². The molecule has 33 heavy (non-hydrogen) atoms. The monoisotopic (exact) mass is 443 g/mol. The number of rotatable bonds is 5. The van der Waals surface area contributed by atoms with Crippen LogP contribution in [0.4, 0.5) is 23.0 Å². The van der Waals surface area contributed by atoms with Gasteiger partial charge in [-0.15, -0.1) is 4.68 Å². The fraction of sp³-hybridized carbons (Fsp3) is 0.250. The van der Waals surface area contributed by atoms with Crippen LogP contribution in [0.3, 0.4) is 0 Å². The smallest absolute Gasteiger partial charge is 0.267 e. The minimum Gasteiger partial charge on any atom is -0.393 e. The van der Waals surface area contributed by atoms with E-state index < -0.39 is 0 Å². The number of nitriles is 1. The van der Waals surface area contributed by atoms with Crippen LogP contribution in [-0.2, 0) is 0 Å². The van der Waals surface area contributed by atoms with Crippen LogP contribution in [0.15, 0.2) is 54.7 Å². The molecule has 0 aliphatic carbocycles. The zero-order valence-corrected chi connectivity index (χ0v) is 18.4. The second-order valence-corrected chi connectivity index (χ2v) is 8.01. The van der Waals surface area contributed by atoms with Crippen molar-refractivity contribution in [2.45, 2.75) is 25.9 Å². The Hall–Kier alpha value is -4.16. The molecule has 2 heterocycles. The van der Waals surface area contributed by atoms with Crippen molar-refractivity contribution < 1.29 is 9.79 Å². The SMILES string of the molecule is CC(N)=[N+](N)c1ccc(Nc2nccc(-c3ccc(N4CCC(O)CC4)c(C#N)c3)n2)cc1. The molecule has 9 heteroatoms. The topological polar surface area (TPSA) is 140 Å². The van der Waals surface area contributed by atoms with E-state index in [4.69, 9.17) is 11.6 Å². The molecule has 0 spiro atoms. The zero-order valence-electron chi connectivity index (χ0n) is 18.4. The Labute approximate surface area is 192 Å². The molecule has 1 aromatic heterocycles. The van der Waals surface area contributed by atoms with Gasteiger partial charge in [0.2, 0.25) is 5.95 Å². The van der Waals surface area contributed by atoms with Gasteiger partial charge < -0.3 is 15.3 Å². The standard InChI is InChI=1S/C24H26N8O/c1-16(26)32(27)20-5-3-19(4-6-20)29-24-28-11-8-22(30-24)17-2-7-23(18(14-17)15-25)31-12-9-21(33)10-13-31/h2-8,11,14,21,26,33H,9-10,12-13,27H2,1H3,(H,28,29,30)/p+1. The summed E-state index contributed by atoms with van der Waals surface area (Å²) in [5, 5.41) is 22.7. The van der Waals surface area contributed by atoms with E-state index in [1.54, 1.807) is 13.1 Å². The predicted molar refractivity (Wildman–Crippen MR) is 128 cm³/mol. The van der Waals surface area contributed by atoms with Crippen LogP contribution in [-0.4, -0.2) is 44.8 Å². The third-order valence-electron chi connectivity index (χ3n) is 5.66. The summed E-state index contributed by atoms with van der Waals surface area (Å²) in [7, 11) is 0. The van der Waals surface area contributed by atoms with E-state index in [1.807, 2.05) is 48.5 Å². The van der Waals surface area contributed by atoms with E-state index in [1.165, 1.54) is 4.68 Å². The number of amidine groups is 1. The molecule has 0 atom stereocenters. The zero-order chi connectivity index (χ0) is 23.4. The molecular formula is C24H27N8O+. The summed E-state index contributed by atoms with van der Waals surface area (Å²) < 4.78 is 1.41. The Morgan fingerprint density at radius 2 is 1.91 bits per heavy atom. The summed E-state index contributed by atoms with van der Waals surface area (Å²) in [6.45, 7) is 3.20. The maximum atomic E-state index is 9.76. The molecule has 1 fully saturated rings. The third kappa shape index (κ3) is 5.02. The molecule has 0 bridgehead atoms. The lowest BCUT2D eigenvalue weighted by atomic mass is 10.0. The maximum Gasteiger partial charge on any atom is 0.267 e. The maximum absolute atomic E-state index is 9.76. The summed E-state index contributed by atoms with van der Waals surface area (Å²) in [4.78, 5) is 11.1. The normalized spacial score (nSPS) is 15.0. The number of piperidine rings is 1. The highest BCUT2D eigenvalue weighted by Crippen LogP contribution is 2.29. The molecule has 0 unspecified atom stereocenters. The molecule has 0 saturated carbocycles. The predicted octanol–water partition coefficient (Wildman–Crippen LogP) is 2.61. The van der Waals surface area contributed by atoms with E-state index in [-0.39, 0.29) is 6.10 Å². The van der Waals surface area contributed by atoms with Gasteiger partial charge in [0, 0.05) is 37.5 Å². The van der Waals surface area contributed by atoms with Crippen LogP contribution in [0.25, 0.3) is 11.3 Å². The highest BCUT2D eigenvalue weighted by atomic mass is 16.3. The third-order valence-corrected chi connectivity index (χ3v) is 5.66. The lowest BCUT2D eigenvalue weighted by molar-refractivity contribution is -0.453. The van der Waals surface area contributed by atoms with Gasteiger partial charge >= 0.3 is 0 Å². The van der Waals surface area contributed by atoms with Gasteiger partial charge in [-0.2, -0.15) is 5.26 Å².